The number of aromatic nitrogens is 2. The fraction of sp³-hybridized carbons (Fsp3) is 0.500. The molecule has 1 atom stereocenters. The van der Waals surface area contributed by atoms with E-state index in [-0.39, 0.29) is 5.56 Å². The lowest BCUT2D eigenvalue weighted by molar-refractivity contribution is -0.141. The second-order valence-corrected chi connectivity index (χ2v) is 4.63. The van der Waals surface area contributed by atoms with Gasteiger partial charge in [-0.15, -0.1) is 0 Å². The maximum absolute atomic E-state index is 12.4. The highest BCUT2D eigenvalue weighted by molar-refractivity contribution is 5.97. The molecule has 0 saturated carbocycles. The lowest BCUT2D eigenvalue weighted by Crippen LogP contribution is -2.43. The smallest absolute Gasteiger partial charge is 0.326 e. The SMILES string of the molecule is Cc1n[nH]c(=O)c(C(=O)N2CCC[C@H]2C(=O)O)c1C. The molecular formula is C12H15N3O4. The van der Waals surface area contributed by atoms with Crippen LogP contribution in [0.4, 0.5) is 0 Å². The van der Waals surface area contributed by atoms with Gasteiger partial charge in [-0.3, -0.25) is 9.59 Å². The van der Waals surface area contributed by atoms with Gasteiger partial charge >= 0.3 is 5.97 Å². The average Bonchev–Trinajstić information content (AvgIpc) is 2.83. The van der Waals surface area contributed by atoms with E-state index in [0.717, 1.165) is 0 Å². The van der Waals surface area contributed by atoms with Crippen LogP contribution in [-0.4, -0.2) is 44.7 Å². The standard InChI is InChI=1S/C12H15N3O4/c1-6-7(2)13-14-10(16)9(6)11(17)15-5-3-4-8(15)12(18)19/h8H,3-5H2,1-2H3,(H,14,16)(H,18,19)/t8-/m0/s1. The number of aromatic amines is 1. The molecule has 1 aliphatic heterocycles. The van der Waals surface area contributed by atoms with Gasteiger partial charge in [-0.1, -0.05) is 0 Å². The summed E-state index contributed by atoms with van der Waals surface area (Å²) in [5.74, 6) is -1.57. The fourth-order valence-electron chi connectivity index (χ4n) is 2.29. The van der Waals surface area contributed by atoms with E-state index >= 15 is 0 Å². The number of carbonyl (C=O) groups excluding carboxylic acids is 1. The van der Waals surface area contributed by atoms with Gasteiger partial charge in [0.1, 0.15) is 11.6 Å². The molecule has 2 heterocycles. The number of rotatable bonds is 2. The zero-order valence-corrected chi connectivity index (χ0v) is 10.8. The molecular weight excluding hydrogens is 250 g/mol. The number of nitrogens with zero attached hydrogens (tertiary/aromatic N) is 2. The monoisotopic (exact) mass is 265 g/mol. The molecule has 1 saturated heterocycles. The molecule has 2 rings (SSSR count). The molecule has 102 valence electrons. The Balaban J connectivity index is 2.43. The van der Waals surface area contributed by atoms with Crippen molar-refractivity contribution >= 4 is 11.9 Å². The number of carboxylic acids is 1. The van der Waals surface area contributed by atoms with E-state index < -0.39 is 23.5 Å². The molecule has 1 aromatic heterocycles. The highest BCUT2D eigenvalue weighted by Gasteiger charge is 2.36. The third kappa shape index (κ3) is 2.23. The minimum atomic E-state index is -1.04. The van der Waals surface area contributed by atoms with Gasteiger partial charge in [-0.2, -0.15) is 5.10 Å². The zero-order chi connectivity index (χ0) is 14.2. The predicted octanol–water partition coefficient (Wildman–Crippen LogP) is 0.0759. The van der Waals surface area contributed by atoms with E-state index in [0.29, 0.717) is 30.6 Å². The number of hydrogen-bond donors (Lipinski definition) is 2. The van der Waals surface area contributed by atoms with Crippen LogP contribution in [0, 0.1) is 13.8 Å². The Kier molecular flexibility index (Phi) is 3.37. The number of H-pyrrole nitrogens is 1. The number of aryl methyl sites for hydroxylation is 1. The summed E-state index contributed by atoms with van der Waals surface area (Å²) in [6, 6.07) is -0.847. The lowest BCUT2D eigenvalue weighted by atomic mass is 10.1. The Morgan fingerprint density at radius 1 is 1.42 bits per heavy atom. The summed E-state index contributed by atoms with van der Waals surface area (Å²) < 4.78 is 0. The molecule has 1 fully saturated rings. The summed E-state index contributed by atoms with van der Waals surface area (Å²) in [6.45, 7) is 3.67. The van der Waals surface area contributed by atoms with Crippen LogP contribution in [0.15, 0.2) is 4.79 Å². The molecule has 0 spiro atoms. The number of aliphatic carboxylic acids is 1. The van der Waals surface area contributed by atoms with E-state index in [9.17, 15) is 14.4 Å². The second-order valence-electron chi connectivity index (χ2n) is 4.63. The molecule has 0 aliphatic carbocycles. The minimum Gasteiger partial charge on any atom is -0.480 e. The normalized spacial score (nSPS) is 18.6. The maximum atomic E-state index is 12.4. The molecule has 0 aromatic carbocycles. The largest absolute Gasteiger partial charge is 0.480 e. The Bertz CT molecular complexity index is 593. The maximum Gasteiger partial charge on any atom is 0.326 e. The fourth-order valence-corrected chi connectivity index (χ4v) is 2.29. The van der Waals surface area contributed by atoms with Gasteiger partial charge in [0.15, 0.2) is 0 Å². The second kappa shape index (κ2) is 4.83. The molecule has 0 unspecified atom stereocenters. The van der Waals surface area contributed by atoms with E-state index in [1.54, 1.807) is 13.8 Å². The van der Waals surface area contributed by atoms with Crippen LogP contribution in [0.2, 0.25) is 0 Å². The Morgan fingerprint density at radius 3 is 2.74 bits per heavy atom. The van der Waals surface area contributed by atoms with E-state index in [1.807, 2.05) is 0 Å². The van der Waals surface area contributed by atoms with Crippen molar-refractivity contribution in [2.75, 3.05) is 6.54 Å². The first-order valence-electron chi connectivity index (χ1n) is 6.03. The van der Waals surface area contributed by atoms with Crippen LogP contribution in [0.3, 0.4) is 0 Å². The average molecular weight is 265 g/mol. The van der Waals surface area contributed by atoms with Gasteiger partial charge in [0, 0.05) is 6.54 Å². The molecule has 0 bridgehead atoms. The van der Waals surface area contributed by atoms with Crippen LogP contribution < -0.4 is 5.56 Å². The van der Waals surface area contributed by atoms with E-state index in [2.05, 4.69) is 10.2 Å². The van der Waals surface area contributed by atoms with Crippen molar-refractivity contribution in [3.8, 4) is 0 Å². The summed E-state index contributed by atoms with van der Waals surface area (Å²) in [4.78, 5) is 36.5. The minimum absolute atomic E-state index is 0.0133. The molecule has 7 heteroatoms. The number of likely N-dealkylation sites (tertiary alicyclic amines) is 1. The van der Waals surface area contributed by atoms with Gasteiger partial charge in [0.05, 0.1) is 5.69 Å². The molecule has 2 N–H and O–H groups in total. The topological polar surface area (TPSA) is 103 Å². The predicted molar refractivity (Wildman–Crippen MR) is 66.0 cm³/mol. The van der Waals surface area contributed by atoms with Crippen molar-refractivity contribution in [2.45, 2.75) is 32.7 Å². The van der Waals surface area contributed by atoms with Crippen molar-refractivity contribution in [2.24, 2.45) is 0 Å². The van der Waals surface area contributed by atoms with Gasteiger partial charge < -0.3 is 10.0 Å². The van der Waals surface area contributed by atoms with Crippen LogP contribution in [0.1, 0.15) is 34.5 Å². The molecule has 1 aliphatic rings. The van der Waals surface area contributed by atoms with Crippen LogP contribution in [0.5, 0.6) is 0 Å². The number of carbonyl (C=O) groups is 2. The summed E-state index contributed by atoms with van der Waals surface area (Å²) in [5, 5.41) is 15.1. The van der Waals surface area contributed by atoms with Gasteiger partial charge in [-0.05, 0) is 32.3 Å². The first kappa shape index (κ1) is 13.3. The Morgan fingerprint density at radius 2 is 2.11 bits per heavy atom. The highest BCUT2D eigenvalue weighted by Crippen LogP contribution is 2.20. The van der Waals surface area contributed by atoms with Crippen molar-refractivity contribution in [3.05, 3.63) is 27.2 Å². The van der Waals surface area contributed by atoms with E-state index in [1.165, 1.54) is 4.90 Å². The number of nitrogens with one attached hydrogen (secondary N) is 1. The summed E-state index contributed by atoms with van der Waals surface area (Å²) in [7, 11) is 0. The summed E-state index contributed by atoms with van der Waals surface area (Å²) in [5.41, 5.74) is 0.448. The Hall–Kier alpha value is -2.18. The van der Waals surface area contributed by atoms with Crippen LogP contribution >= 0.6 is 0 Å². The van der Waals surface area contributed by atoms with Gasteiger partial charge in [0.2, 0.25) is 0 Å². The van der Waals surface area contributed by atoms with Gasteiger partial charge in [-0.25, -0.2) is 9.89 Å². The van der Waals surface area contributed by atoms with Crippen molar-refractivity contribution in [3.63, 3.8) is 0 Å². The number of hydrogen-bond acceptors (Lipinski definition) is 4. The van der Waals surface area contributed by atoms with Crippen LogP contribution in [0.25, 0.3) is 0 Å². The quantitative estimate of drug-likeness (QED) is 0.788. The molecule has 1 aromatic rings. The van der Waals surface area contributed by atoms with Crippen LogP contribution in [-0.2, 0) is 4.79 Å². The zero-order valence-electron chi connectivity index (χ0n) is 10.8. The molecule has 1 amide bonds. The number of carboxylic acid groups (broad SMARTS) is 1. The van der Waals surface area contributed by atoms with Crippen molar-refractivity contribution in [1.82, 2.24) is 15.1 Å². The third-order valence-corrected chi connectivity index (χ3v) is 3.48. The van der Waals surface area contributed by atoms with Gasteiger partial charge in [0.25, 0.3) is 11.5 Å². The van der Waals surface area contributed by atoms with E-state index in [4.69, 9.17) is 5.11 Å². The molecule has 0 radical (unpaired) electrons. The summed E-state index contributed by atoms with van der Waals surface area (Å²) in [6.07, 6.45) is 1.05. The van der Waals surface area contributed by atoms with Crippen molar-refractivity contribution < 1.29 is 14.7 Å². The Labute approximate surface area is 109 Å². The lowest BCUT2D eigenvalue weighted by Gasteiger charge is -2.21. The first-order chi connectivity index (χ1) is 8.93. The highest BCUT2D eigenvalue weighted by atomic mass is 16.4. The third-order valence-electron chi connectivity index (χ3n) is 3.48. The molecule has 19 heavy (non-hydrogen) atoms. The number of amides is 1. The first-order valence-corrected chi connectivity index (χ1v) is 6.03. The van der Waals surface area contributed by atoms with Crippen molar-refractivity contribution in [1.29, 1.82) is 0 Å². The summed E-state index contributed by atoms with van der Waals surface area (Å²) >= 11 is 0. The molecule has 7 nitrogen and oxygen atoms in total.